The van der Waals surface area contributed by atoms with E-state index in [9.17, 15) is 13.2 Å². The Morgan fingerprint density at radius 3 is 2.63 bits per heavy atom. The van der Waals surface area contributed by atoms with Gasteiger partial charge in [0, 0.05) is 6.04 Å². The van der Waals surface area contributed by atoms with E-state index in [1.807, 2.05) is 0 Å². The van der Waals surface area contributed by atoms with Crippen molar-refractivity contribution in [1.82, 2.24) is 0 Å². The van der Waals surface area contributed by atoms with Crippen molar-refractivity contribution in [2.45, 2.75) is 44.8 Å². The first-order chi connectivity index (χ1) is 8.91. The normalized spacial score (nSPS) is 23.6. The molecule has 1 aromatic rings. The Morgan fingerprint density at radius 2 is 2.05 bits per heavy atom. The molecule has 0 bridgehead atoms. The van der Waals surface area contributed by atoms with Gasteiger partial charge in [0.05, 0.1) is 16.3 Å². The minimum absolute atomic E-state index is 0.136. The second kappa shape index (κ2) is 5.61. The van der Waals surface area contributed by atoms with E-state index in [1.165, 1.54) is 12.5 Å². The highest BCUT2D eigenvalue weighted by atomic mass is 35.5. The van der Waals surface area contributed by atoms with Gasteiger partial charge in [-0.1, -0.05) is 31.4 Å². The quantitative estimate of drug-likeness (QED) is 0.791. The molecule has 0 heterocycles. The Morgan fingerprint density at radius 1 is 1.32 bits per heavy atom. The van der Waals surface area contributed by atoms with Gasteiger partial charge in [0.1, 0.15) is 0 Å². The fourth-order valence-electron chi connectivity index (χ4n) is 2.72. The summed E-state index contributed by atoms with van der Waals surface area (Å²) in [5.74, 6) is 0.582. The summed E-state index contributed by atoms with van der Waals surface area (Å²) >= 11 is 5.94. The van der Waals surface area contributed by atoms with E-state index in [2.05, 4.69) is 12.2 Å². The van der Waals surface area contributed by atoms with E-state index in [1.54, 1.807) is 0 Å². The first-order valence-electron chi connectivity index (χ1n) is 6.55. The zero-order valence-corrected chi connectivity index (χ0v) is 11.5. The summed E-state index contributed by atoms with van der Waals surface area (Å²) in [4.78, 5) is 0. The first kappa shape index (κ1) is 14.5. The lowest BCUT2D eigenvalue weighted by atomic mass is 10.0. The first-order valence-corrected chi connectivity index (χ1v) is 6.93. The highest BCUT2D eigenvalue weighted by Crippen LogP contribution is 2.36. The Balaban J connectivity index is 2.13. The molecule has 106 valence electrons. The molecule has 5 heteroatoms. The molecule has 1 nitrogen and oxygen atoms in total. The maximum Gasteiger partial charge on any atom is 0.416 e. The molecule has 2 atom stereocenters. The van der Waals surface area contributed by atoms with Crippen LogP contribution in [0.15, 0.2) is 18.2 Å². The Bertz CT molecular complexity index is 445. The number of rotatable bonds is 3. The van der Waals surface area contributed by atoms with Crippen LogP contribution in [0.25, 0.3) is 0 Å². The van der Waals surface area contributed by atoms with Crippen molar-refractivity contribution in [3.05, 3.63) is 28.8 Å². The Kier molecular flexibility index (Phi) is 4.29. The number of hydrogen-bond acceptors (Lipinski definition) is 1. The second-order valence-corrected chi connectivity index (χ2v) is 5.45. The predicted molar refractivity (Wildman–Crippen MR) is 71.5 cm³/mol. The zero-order chi connectivity index (χ0) is 14.0. The van der Waals surface area contributed by atoms with Crippen molar-refractivity contribution in [2.75, 3.05) is 5.32 Å². The van der Waals surface area contributed by atoms with Crippen molar-refractivity contribution < 1.29 is 13.2 Å². The average Bonchev–Trinajstić information content (AvgIpc) is 2.77. The number of nitrogens with one attached hydrogen (secondary N) is 1. The standard InChI is InChI=1S/C14H17ClF3N/c1-2-9-4-3-5-12(9)19-13-7-6-10(8-11(13)15)14(16,17)18/h6-9,12,19H,2-5H2,1H3. The molecule has 2 unspecified atom stereocenters. The summed E-state index contributed by atoms with van der Waals surface area (Å²) in [6.45, 7) is 2.14. The minimum atomic E-state index is -4.35. The van der Waals surface area contributed by atoms with Gasteiger partial charge < -0.3 is 5.32 Å². The van der Waals surface area contributed by atoms with Crippen LogP contribution in [0.4, 0.5) is 18.9 Å². The van der Waals surface area contributed by atoms with Gasteiger partial charge in [0.2, 0.25) is 0 Å². The van der Waals surface area contributed by atoms with Gasteiger partial charge in [-0.2, -0.15) is 13.2 Å². The number of benzene rings is 1. The fourth-order valence-corrected chi connectivity index (χ4v) is 2.96. The maximum atomic E-state index is 12.5. The molecule has 1 saturated carbocycles. The molecule has 0 radical (unpaired) electrons. The third-order valence-corrected chi connectivity index (χ3v) is 4.13. The SMILES string of the molecule is CCC1CCCC1Nc1ccc(C(F)(F)F)cc1Cl. The van der Waals surface area contributed by atoms with Crippen molar-refractivity contribution in [3.8, 4) is 0 Å². The molecule has 1 aliphatic carbocycles. The molecule has 0 aliphatic heterocycles. The lowest BCUT2D eigenvalue weighted by Gasteiger charge is -2.22. The smallest absolute Gasteiger partial charge is 0.381 e. The fraction of sp³-hybridized carbons (Fsp3) is 0.571. The van der Waals surface area contributed by atoms with Gasteiger partial charge in [-0.15, -0.1) is 0 Å². The predicted octanol–water partition coefficient (Wildman–Crippen LogP) is 5.35. The number of alkyl halides is 3. The van der Waals surface area contributed by atoms with E-state index in [4.69, 9.17) is 11.6 Å². The van der Waals surface area contributed by atoms with E-state index < -0.39 is 11.7 Å². The molecule has 0 spiro atoms. The van der Waals surface area contributed by atoms with Crippen molar-refractivity contribution >= 4 is 17.3 Å². The van der Waals surface area contributed by atoms with E-state index >= 15 is 0 Å². The van der Waals surface area contributed by atoms with Gasteiger partial charge in [-0.3, -0.25) is 0 Å². The van der Waals surface area contributed by atoms with E-state index in [0.717, 1.165) is 31.4 Å². The van der Waals surface area contributed by atoms with Crippen molar-refractivity contribution in [2.24, 2.45) is 5.92 Å². The summed E-state index contributed by atoms with van der Waals surface area (Å²) in [5, 5.41) is 3.43. The molecule has 1 aromatic carbocycles. The van der Waals surface area contributed by atoms with Crippen LogP contribution in [-0.2, 0) is 6.18 Å². The molecule has 1 fully saturated rings. The van der Waals surface area contributed by atoms with Crippen molar-refractivity contribution in [1.29, 1.82) is 0 Å². The summed E-state index contributed by atoms with van der Waals surface area (Å²) < 4.78 is 37.6. The molecule has 0 aromatic heterocycles. The lowest BCUT2D eigenvalue weighted by molar-refractivity contribution is -0.137. The van der Waals surface area contributed by atoms with Gasteiger partial charge in [-0.05, 0) is 37.0 Å². The summed E-state index contributed by atoms with van der Waals surface area (Å²) in [5.41, 5.74) is -0.110. The largest absolute Gasteiger partial charge is 0.416 e. The molecule has 1 aliphatic rings. The van der Waals surface area contributed by atoms with E-state index in [-0.39, 0.29) is 5.02 Å². The third-order valence-electron chi connectivity index (χ3n) is 3.82. The molecule has 19 heavy (non-hydrogen) atoms. The monoisotopic (exact) mass is 291 g/mol. The average molecular weight is 292 g/mol. The number of halogens is 4. The van der Waals surface area contributed by atoms with E-state index in [0.29, 0.717) is 17.6 Å². The van der Waals surface area contributed by atoms with Gasteiger partial charge in [-0.25, -0.2) is 0 Å². The Hall–Kier alpha value is -0.900. The molecule has 2 rings (SSSR count). The zero-order valence-electron chi connectivity index (χ0n) is 10.7. The van der Waals surface area contributed by atoms with Gasteiger partial charge in [0.25, 0.3) is 0 Å². The summed E-state index contributed by atoms with van der Waals surface area (Å²) in [6.07, 6.45) is 0.119. The van der Waals surface area contributed by atoms with Crippen LogP contribution >= 0.6 is 11.6 Å². The van der Waals surface area contributed by atoms with Crippen LogP contribution in [0.1, 0.15) is 38.2 Å². The highest BCUT2D eigenvalue weighted by molar-refractivity contribution is 6.33. The third kappa shape index (κ3) is 3.35. The Labute approximate surface area is 116 Å². The second-order valence-electron chi connectivity index (χ2n) is 5.04. The molecule has 0 amide bonds. The molecular weight excluding hydrogens is 275 g/mol. The lowest BCUT2D eigenvalue weighted by Crippen LogP contribution is -2.23. The minimum Gasteiger partial charge on any atom is -0.381 e. The van der Waals surface area contributed by atoms with Gasteiger partial charge >= 0.3 is 6.18 Å². The van der Waals surface area contributed by atoms with Crippen LogP contribution in [-0.4, -0.2) is 6.04 Å². The van der Waals surface area contributed by atoms with Crippen LogP contribution in [0, 0.1) is 5.92 Å². The number of hydrogen-bond donors (Lipinski definition) is 1. The summed E-state index contributed by atoms with van der Waals surface area (Å²) in [6, 6.07) is 3.80. The van der Waals surface area contributed by atoms with Crippen LogP contribution in [0.3, 0.4) is 0 Å². The van der Waals surface area contributed by atoms with Crippen LogP contribution < -0.4 is 5.32 Å². The van der Waals surface area contributed by atoms with Crippen LogP contribution in [0.2, 0.25) is 5.02 Å². The van der Waals surface area contributed by atoms with Crippen LogP contribution in [0.5, 0.6) is 0 Å². The molecule has 0 saturated heterocycles. The molecular formula is C14H17ClF3N. The highest BCUT2D eigenvalue weighted by Gasteiger charge is 2.31. The summed E-state index contributed by atoms with van der Waals surface area (Å²) in [7, 11) is 0. The topological polar surface area (TPSA) is 12.0 Å². The van der Waals surface area contributed by atoms with Crippen molar-refractivity contribution in [3.63, 3.8) is 0 Å². The number of anilines is 1. The van der Waals surface area contributed by atoms with Gasteiger partial charge in [0.15, 0.2) is 0 Å². The molecule has 1 N–H and O–H groups in total. The maximum absolute atomic E-state index is 12.5.